The Morgan fingerprint density at radius 2 is 2.17 bits per heavy atom. The number of benzene rings is 1. The summed E-state index contributed by atoms with van der Waals surface area (Å²) in [5.74, 6) is 0.243. The maximum atomic E-state index is 10.8. The number of aromatic nitrogens is 2. The van der Waals surface area contributed by atoms with E-state index in [2.05, 4.69) is 16.5 Å². The third-order valence-corrected chi connectivity index (χ3v) is 3.03. The summed E-state index contributed by atoms with van der Waals surface area (Å²) >= 11 is 1.50. The predicted molar refractivity (Wildman–Crippen MR) is 71.4 cm³/mol. The maximum Gasteiger partial charge on any atom is 0.330 e. The average Bonchev–Trinajstić information content (AvgIpc) is 2.43. The van der Waals surface area contributed by atoms with Crippen molar-refractivity contribution in [2.24, 2.45) is 0 Å². The first-order valence-electron chi connectivity index (χ1n) is 5.43. The quantitative estimate of drug-likeness (QED) is 0.358. The Morgan fingerprint density at radius 1 is 1.39 bits per heavy atom. The molecule has 18 heavy (non-hydrogen) atoms. The molecule has 0 saturated heterocycles. The van der Waals surface area contributed by atoms with Crippen molar-refractivity contribution in [3.05, 3.63) is 43.1 Å². The fourth-order valence-electron chi connectivity index (χ4n) is 1.36. The molecule has 92 valence electrons. The molecule has 1 aromatic carbocycles. The summed E-state index contributed by atoms with van der Waals surface area (Å²) in [5, 5.41) is 0.823. The minimum Gasteiger partial charge on any atom is -0.462 e. The molecule has 2 rings (SSSR count). The highest BCUT2D eigenvalue weighted by Gasteiger charge is 2.01. The van der Waals surface area contributed by atoms with Crippen LogP contribution in [0.4, 0.5) is 0 Å². The molecule has 0 atom stereocenters. The summed E-state index contributed by atoms with van der Waals surface area (Å²) in [6.07, 6.45) is 2.88. The Morgan fingerprint density at radius 3 is 2.94 bits per heavy atom. The van der Waals surface area contributed by atoms with Gasteiger partial charge in [0.25, 0.3) is 0 Å². The zero-order valence-corrected chi connectivity index (χ0v) is 10.5. The third-order valence-electron chi connectivity index (χ3n) is 2.17. The molecule has 2 aromatic rings. The molecule has 0 radical (unpaired) electrons. The lowest BCUT2D eigenvalue weighted by Crippen LogP contribution is -2.03. The number of rotatable bonds is 5. The first kappa shape index (κ1) is 12.6. The number of carbonyl (C=O) groups is 1. The molecule has 0 saturated carbocycles. The van der Waals surface area contributed by atoms with Crippen LogP contribution in [-0.2, 0) is 9.53 Å². The van der Waals surface area contributed by atoms with E-state index in [0.29, 0.717) is 12.4 Å². The van der Waals surface area contributed by atoms with Crippen LogP contribution in [0.2, 0.25) is 0 Å². The molecule has 0 bridgehead atoms. The highest BCUT2D eigenvalue weighted by molar-refractivity contribution is 7.99. The predicted octanol–water partition coefficient (Wildman–Crippen LogP) is 2.45. The van der Waals surface area contributed by atoms with Crippen molar-refractivity contribution in [2.75, 3.05) is 12.4 Å². The second-order valence-corrected chi connectivity index (χ2v) is 4.53. The van der Waals surface area contributed by atoms with Crippen LogP contribution in [0, 0.1) is 0 Å². The number of ether oxygens (including phenoxy) is 1. The van der Waals surface area contributed by atoms with Crippen LogP contribution in [-0.4, -0.2) is 28.3 Å². The van der Waals surface area contributed by atoms with Crippen LogP contribution in [0.3, 0.4) is 0 Å². The van der Waals surface area contributed by atoms with Gasteiger partial charge in [0.2, 0.25) is 0 Å². The first-order chi connectivity index (χ1) is 8.79. The van der Waals surface area contributed by atoms with Gasteiger partial charge in [-0.05, 0) is 12.1 Å². The summed E-state index contributed by atoms with van der Waals surface area (Å²) in [4.78, 5) is 19.6. The van der Waals surface area contributed by atoms with E-state index in [0.717, 1.165) is 22.1 Å². The van der Waals surface area contributed by atoms with E-state index >= 15 is 0 Å². The third kappa shape index (κ3) is 3.30. The summed E-state index contributed by atoms with van der Waals surface area (Å²) in [5.41, 5.74) is 1.74. The number of nitrogens with zero attached hydrogens (tertiary/aromatic N) is 2. The maximum absolute atomic E-state index is 10.8. The molecule has 4 nitrogen and oxygen atoms in total. The van der Waals surface area contributed by atoms with E-state index in [1.807, 2.05) is 24.3 Å². The largest absolute Gasteiger partial charge is 0.462 e. The van der Waals surface area contributed by atoms with Crippen LogP contribution in [0.15, 0.2) is 48.1 Å². The summed E-state index contributed by atoms with van der Waals surface area (Å²) in [6.45, 7) is 3.67. The molecule has 1 aromatic heterocycles. The van der Waals surface area contributed by atoms with Gasteiger partial charge in [0, 0.05) is 11.8 Å². The monoisotopic (exact) mass is 260 g/mol. The summed E-state index contributed by atoms with van der Waals surface area (Å²) < 4.78 is 4.87. The number of hydrogen-bond donors (Lipinski definition) is 0. The van der Waals surface area contributed by atoms with Gasteiger partial charge in [0.15, 0.2) is 0 Å². The van der Waals surface area contributed by atoms with Gasteiger partial charge in [0.1, 0.15) is 11.6 Å². The fourth-order valence-corrected chi connectivity index (χ4v) is 2.02. The lowest BCUT2D eigenvalue weighted by molar-refractivity contribution is -0.137. The lowest BCUT2D eigenvalue weighted by Gasteiger charge is -2.02. The number of thioether (sulfide) groups is 1. The highest BCUT2D eigenvalue weighted by Crippen LogP contribution is 2.17. The van der Waals surface area contributed by atoms with Crippen LogP contribution >= 0.6 is 11.8 Å². The average molecular weight is 260 g/mol. The van der Waals surface area contributed by atoms with Gasteiger partial charge < -0.3 is 4.74 Å². The van der Waals surface area contributed by atoms with Crippen molar-refractivity contribution >= 4 is 28.8 Å². The fraction of sp³-hybridized carbons (Fsp3) is 0.154. The minimum absolute atomic E-state index is 0.337. The molecule has 0 amide bonds. The SMILES string of the molecule is C=CC(=O)OCCSc1cnc2ccccc2n1. The summed E-state index contributed by atoms with van der Waals surface area (Å²) in [7, 11) is 0. The second kappa shape index (κ2) is 6.16. The van der Waals surface area contributed by atoms with E-state index in [4.69, 9.17) is 4.74 Å². The van der Waals surface area contributed by atoms with E-state index < -0.39 is 5.97 Å². The van der Waals surface area contributed by atoms with Gasteiger partial charge in [-0.15, -0.1) is 11.8 Å². The van der Waals surface area contributed by atoms with Gasteiger partial charge >= 0.3 is 5.97 Å². The van der Waals surface area contributed by atoms with E-state index in [-0.39, 0.29) is 0 Å². The molecule has 0 aliphatic heterocycles. The van der Waals surface area contributed by atoms with Gasteiger partial charge in [-0.25, -0.2) is 9.78 Å². The Balaban J connectivity index is 1.91. The number of hydrogen-bond acceptors (Lipinski definition) is 5. The van der Waals surface area contributed by atoms with Crippen LogP contribution < -0.4 is 0 Å². The van der Waals surface area contributed by atoms with Crippen LogP contribution in [0.1, 0.15) is 0 Å². The van der Waals surface area contributed by atoms with Crippen molar-refractivity contribution in [1.29, 1.82) is 0 Å². The number of para-hydroxylation sites is 2. The Kier molecular flexibility index (Phi) is 4.30. The van der Waals surface area contributed by atoms with Crippen molar-refractivity contribution < 1.29 is 9.53 Å². The molecule has 1 heterocycles. The second-order valence-electron chi connectivity index (χ2n) is 3.42. The Bertz CT molecular complexity index is 572. The van der Waals surface area contributed by atoms with E-state index in [9.17, 15) is 4.79 Å². The van der Waals surface area contributed by atoms with Gasteiger partial charge in [0.05, 0.1) is 17.2 Å². The molecular weight excluding hydrogens is 248 g/mol. The van der Waals surface area contributed by atoms with Crippen LogP contribution in [0.5, 0.6) is 0 Å². The molecule has 0 aliphatic carbocycles. The van der Waals surface area contributed by atoms with E-state index in [1.54, 1.807) is 6.20 Å². The van der Waals surface area contributed by atoms with Gasteiger partial charge in [-0.2, -0.15) is 0 Å². The number of esters is 1. The topological polar surface area (TPSA) is 52.1 Å². The number of carbonyl (C=O) groups excluding carboxylic acids is 1. The molecule has 0 unspecified atom stereocenters. The van der Waals surface area contributed by atoms with Gasteiger partial charge in [-0.1, -0.05) is 18.7 Å². The zero-order valence-electron chi connectivity index (χ0n) is 9.70. The minimum atomic E-state index is -0.403. The standard InChI is InChI=1S/C13H12N2O2S/c1-2-13(16)17-7-8-18-12-9-14-10-5-3-4-6-11(10)15-12/h2-6,9H,1,7-8H2. The highest BCUT2D eigenvalue weighted by atomic mass is 32.2. The molecule has 0 aliphatic rings. The molecule has 0 spiro atoms. The molecule has 0 N–H and O–H groups in total. The lowest BCUT2D eigenvalue weighted by atomic mass is 10.3. The molecule has 0 fully saturated rings. The normalized spacial score (nSPS) is 10.2. The zero-order chi connectivity index (χ0) is 12.8. The van der Waals surface area contributed by atoms with Gasteiger partial charge in [-0.3, -0.25) is 4.98 Å². The van der Waals surface area contributed by atoms with Crippen molar-refractivity contribution in [1.82, 2.24) is 9.97 Å². The molecule has 5 heteroatoms. The first-order valence-corrected chi connectivity index (χ1v) is 6.42. The summed E-state index contributed by atoms with van der Waals surface area (Å²) in [6, 6.07) is 7.70. The van der Waals surface area contributed by atoms with E-state index in [1.165, 1.54) is 11.8 Å². The number of fused-ring (bicyclic) bond motifs is 1. The Labute approximate surface area is 109 Å². The van der Waals surface area contributed by atoms with Crippen molar-refractivity contribution in [2.45, 2.75) is 5.03 Å². The Hall–Kier alpha value is -1.88. The van der Waals surface area contributed by atoms with Crippen molar-refractivity contribution in [3.8, 4) is 0 Å². The smallest absolute Gasteiger partial charge is 0.330 e. The van der Waals surface area contributed by atoms with Crippen molar-refractivity contribution in [3.63, 3.8) is 0 Å². The van der Waals surface area contributed by atoms with Crippen LogP contribution in [0.25, 0.3) is 11.0 Å². The molecular formula is C13H12N2O2S.